The fourth-order valence-electron chi connectivity index (χ4n) is 5.37. The summed E-state index contributed by atoms with van der Waals surface area (Å²) >= 11 is 0. The molecule has 2 N–H and O–H groups in total. The lowest BCUT2D eigenvalue weighted by atomic mass is 9.73. The first-order valence-corrected chi connectivity index (χ1v) is 10.8. The summed E-state index contributed by atoms with van der Waals surface area (Å²) in [7, 11) is 1.99. The van der Waals surface area contributed by atoms with Gasteiger partial charge in [0.05, 0.1) is 30.1 Å². The van der Waals surface area contributed by atoms with Gasteiger partial charge in [0.2, 0.25) is 0 Å². The Morgan fingerprint density at radius 3 is 2.69 bits per heavy atom. The van der Waals surface area contributed by atoms with Gasteiger partial charge >= 0.3 is 0 Å². The minimum atomic E-state index is 0.206. The molecule has 2 aromatic heterocycles. The number of rotatable bonds is 3. The average molecular weight is 398 g/mol. The van der Waals surface area contributed by atoms with Gasteiger partial charge in [-0.2, -0.15) is 5.10 Å². The highest BCUT2D eigenvalue weighted by atomic mass is 16.5. The van der Waals surface area contributed by atoms with Crippen LogP contribution >= 0.6 is 0 Å². The standard InChI is InChI=1S/C21H31N7O/c1-13-9-28(10-14(2)29-13)20-7-19(22-12-23-20)21-17-6-15(4-5-18(17)25-26-21)16-8-24-27(3)11-16/h7-8,11-15,17-18,21,25-26H,4-6,9-10H2,1-3H3/t13-,14+,15?,17?,18?,21?. The summed E-state index contributed by atoms with van der Waals surface area (Å²) in [6, 6.07) is 2.87. The van der Waals surface area contributed by atoms with E-state index in [1.807, 2.05) is 17.9 Å². The highest BCUT2D eigenvalue weighted by molar-refractivity contribution is 5.41. The number of morpholine rings is 1. The first-order chi connectivity index (χ1) is 14.1. The van der Waals surface area contributed by atoms with E-state index in [1.54, 1.807) is 6.33 Å². The van der Waals surface area contributed by atoms with E-state index in [9.17, 15) is 0 Å². The molecule has 4 unspecified atom stereocenters. The van der Waals surface area contributed by atoms with Crippen molar-refractivity contribution in [3.63, 3.8) is 0 Å². The minimum Gasteiger partial charge on any atom is -0.372 e. The van der Waals surface area contributed by atoms with Gasteiger partial charge in [-0.25, -0.2) is 15.4 Å². The molecule has 29 heavy (non-hydrogen) atoms. The van der Waals surface area contributed by atoms with Crippen molar-refractivity contribution in [2.75, 3.05) is 18.0 Å². The average Bonchev–Trinajstić information content (AvgIpc) is 3.33. The quantitative estimate of drug-likeness (QED) is 0.819. The summed E-state index contributed by atoms with van der Waals surface area (Å²) in [5, 5.41) is 4.38. The van der Waals surface area contributed by atoms with E-state index < -0.39 is 0 Å². The van der Waals surface area contributed by atoms with Gasteiger partial charge < -0.3 is 9.64 Å². The molecule has 4 heterocycles. The van der Waals surface area contributed by atoms with E-state index >= 15 is 0 Å². The van der Waals surface area contributed by atoms with E-state index in [0.717, 1.165) is 31.0 Å². The SMILES string of the molecule is C[C@@H]1CN(c2cc(C3NNC4CCC(c5cnn(C)c5)CC43)ncn2)C[C@H](C)O1. The zero-order chi connectivity index (χ0) is 20.0. The first kappa shape index (κ1) is 19.0. The van der Waals surface area contributed by atoms with E-state index in [1.165, 1.54) is 18.4 Å². The number of fused-ring (bicyclic) bond motifs is 1. The van der Waals surface area contributed by atoms with Gasteiger partial charge in [0.1, 0.15) is 12.1 Å². The van der Waals surface area contributed by atoms with Gasteiger partial charge in [-0.3, -0.25) is 10.1 Å². The molecule has 6 atom stereocenters. The van der Waals surface area contributed by atoms with Crippen molar-refractivity contribution in [1.29, 1.82) is 0 Å². The topological polar surface area (TPSA) is 80.1 Å². The molecule has 2 aliphatic heterocycles. The molecule has 0 bridgehead atoms. The molecule has 0 radical (unpaired) electrons. The third-order valence-electron chi connectivity index (χ3n) is 6.68. The van der Waals surface area contributed by atoms with Crippen molar-refractivity contribution in [3.05, 3.63) is 36.0 Å². The van der Waals surface area contributed by atoms with E-state index in [4.69, 9.17) is 4.74 Å². The Labute approximate surface area is 172 Å². The van der Waals surface area contributed by atoms with Crippen LogP contribution in [0.3, 0.4) is 0 Å². The molecular formula is C21H31N7O. The van der Waals surface area contributed by atoms with Crippen LogP contribution in [-0.2, 0) is 11.8 Å². The lowest BCUT2D eigenvalue weighted by Gasteiger charge is -2.36. The number of nitrogens with zero attached hydrogens (tertiary/aromatic N) is 5. The third-order valence-corrected chi connectivity index (χ3v) is 6.68. The smallest absolute Gasteiger partial charge is 0.132 e. The van der Waals surface area contributed by atoms with Crippen LogP contribution < -0.4 is 15.8 Å². The number of anilines is 1. The number of nitrogens with one attached hydrogen (secondary N) is 2. The summed E-state index contributed by atoms with van der Waals surface area (Å²) < 4.78 is 7.79. The van der Waals surface area contributed by atoms with E-state index in [0.29, 0.717) is 17.9 Å². The summed E-state index contributed by atoms with van der Waals surface area (Å²) in [4.78, 5) is 11.6. The van der Waals surface area contributed by atoms with Crippen LogP contribution in [0.2, 0.25) is 0 Å². The van der Waals surface area contributed by atoms with Crippen LogP contribution in [0.25, 0.3) is 0 Å². The van der Waals surface area contributed by atoms with E-state index in [2.05, 4.69) is 56.9 Å². The molecule has 1 saturated carbocycles. The predicted molar refractivity (Wildman–Crippen MR) is 110 cm³/mol. The minimum absolute atomic E-state index is 0.206. The third kappa shape index (κ3) is 3.76. The molecule has 2 saturated heterocycles. The zero-order valence-electron chi connectivity index (χ0n) is 17.5. The van der Waals surface area contributed by atoms with Gasteiger partial charge in [0.15, 0.2) is 0 Å². The molecule has 0 amide bonds. The van der Waals surface area contributed by atoms with Crippen LogP contribution in [0.1, 0.15) is 56.3 Å². The molecule has 5 rings (SSSR count). The second-order valence-corrected chi connectivity index (χ2v) is 8.96. The molecule has 8 heteroatoms. The predicted octanol–water partition coefficient (Wildman–Crippen LogP) is 1.93. The van der Waals surface area contributed by atoms with Crippen molar-refractivity contribution >= 4 is 5.82 Å². The van der Waals surface area contributed by atoms with Crippen LogP contribution in [0.5, 0.6) is 0 Å². The van der Waals surface area contributed by atoms with Crippen LogP contribution in [0, 0.1) is 5.92 Å². The van der Waals surface area contributed by atoms with Crippen LogP contribution in [0.4, 0.5) is 5.82 Å². The normalized spacial score (nSPS) is 34.9. The maximum Gasteiger partial charge on any atom is 0.132 e. The monoisotopic (exact) mass is 397 g/mol. The van der Waals surface area contributed by atoms with Crippen molar-refractivity contribution in [2.45, 2.75) is 63.3 Å². The number of aryl methyl sites for hydroxylation is 1. The van der Waals surface area contributed by atoms with Crippen molar-refractivity contribution in [2.24, 2.45) is 13.0 Å². The van der Waals surface area contributed by atoms with Crippen LogP contribution in [-0.4, -0.2) is 51.1 Å². The molecule has 1 aliphatic carbocycles. The molecule has 2 aromatic rings. The van der Waals surface area contributed by atoms with Gasteiger partial charge in [-0.15, -0.1) is 0 Å². The fraction of sp³-hybridized carbons (Fsp3) is 0.667. The summed E-state index contributed by atoms with van der Waals surface area (Å²) in [5.41, 5.74) is 9.50. The summed E-state index contributed by atoms with van der Waals surface area (Å²) in [6.45, 7) is 5.98. The van der Waals surface area contributed by atoms with Crippen LogP contribution in [0.15, 0.2) is 24.8 Å². The highest BCUT2D eigenvalue weighted by Gasteiger charge is 2.42. The molecule has 156 valence electrons. The molecule has 3 aliphatic rings. The maximum absolute atomic E-state index is 5.88. The second kappa shape index (κ2) is 7.66. The Bertz CT molecular complexity index is 845. The van der Waals surface area contributed by atoms with E-state index in [-0.39, 0.29) is 18.2 Å². The number of aromatic nitrogens is 4. The Morgan fingerprint density at radius 1 is 1.10 bits per heavy atom. The Kier molecular flexibility index (Phi) is 5.01. The van der Waals surface area contributed by atoms with Gasteiger partial charge in [0.25, 0.3) is 0 Å². The summed E-state index contributed by atoms with van der Waals surface area (Å²) in [5.74, 6) is 2.08. The van der Waals surface area contributed by atoms with Gasteiger partial charge in [0, 0.05) is 38.4 Å². The molecule has 8 nitrogen and oxygen atoms in total. The lowest BCUT2D eigenvalue weighted by Crippen LogP contribution is -2.46. The number of hydrogen-bond acceptors (Lipinski definition) is 7. The Balaban J connectivity index is 1.35. The Morgan fingerprint density at radius 2 is 1.93 bits per heavy atom. The maximum atomic E-state index is 5.88. The molecule has 3 fully saturated rings. The largest absolute Gasteiger partial charge is 0.372 e. The van der Waals surface area contributed by atoms with Crippen molar-refractivity contribution in [1.82, 2.24) is 30.6 Å². The summed E-state index contributed by atoms with van der Waals surface area (Å²) in [6.07, 6.45) is 9.85. The van der Waals surface area contributed by atoms with Gasteiger partial charge in [-0.1, -0.05) is 0 Å². The Hall–Kier alpha value is -2.03. The second-order valence-electron chi connectivity index (χ2n) is 8.96. The van der Waals surface area contributed by atoms with Crippen molar-refractivity contribution < 1.29 is 4.74 Å². The molecule has 0 spiro atoms. The molecule has 0 aromatic carbocycles. The zero-order valence-corrected chi connectivity index (χ0v) is 17.5. The number of hydrogen-bond donors (Lipinski definition) is 2. The van der Waals surface area contributed by atoms with Gasteiger partial charge in [-0.05, 0) is 50.5 Å². The fourth-order valence-corrected chi connectivity index (χ4v) is 5.37. The molecular weight excluding hydrogens is 366 g/mol. The number of hydrazine groups is 1. The lowest BCUT2D eigenvalue weighted by molar-refractivity contribution is -0.00547. The number of ether oxygens (including phenoxy) is 1. The van der Waals surface area contributed by atoms with Crippen molar-refractivity contribution in [3.8, 4) is 0 Å². The first-order valence-electron chi connectivity index (χ1n) is 10.8. The highest BCUT2D eigenvalue weighted by Crippen LogP contribution is 2.43.